The van der Waals surface area contributed by atoms with E-state index in [1.165, 1.54) is 27.2 Å². The summed E-state index contributed by atoms with van der Waals surface area (Å²) in [6.45, 7) is 1.92. The number of aromatic nitrogens is 1. The molecule has 1 aliphatic rings. The molecule has 3 heterocycles. The quantitative estimate of drug-likeness (QED) is 0.622. The molecule has 0 unspecified atom stereocenters. The fraction of sp³-hybridized carbons (Fsp3) is 0.450. The second-order valence-corrected chi connectivity index (χ2v) is 8.58. The summed E-state index contributed by atoms with van der Waals surface area (Å²) in [6.07, 6.45) is 4.25. The molecule has 1 aliphatic heterocycles. The van der Waals surface area contributed by atoms with Crippen LogP contribution in [0, 0.1) is 11.3 Å². The molecule has 3 rings (SSSR count). The first-order chi connectivity index (χ1) is 14.1. The number of methoxy groups -OCH3 is 1. The Morgan fingerprint density at radius 3 is 3.07 bits per heavy atom. The second-order valence-electron chi connectivity index (χ2n) is 6.57. The van der Waals surface area contributed by atoms with E-state index in [1.807, 2.05) is 23.6 Å². The van der Waals surface area contributed by atoms with Crippen LogP contribution in [-0.2, 0) is 20.8 Å². The van der Waals surface area contributed by atoms with E-state index in [1.54, 1.807) is 13.2 Å². The fourth-order valence-electron chi connectivity index (χ4n) is 3.07. The first-order valence-corrected chi connectivity index (χ1v) is 11.1. The van der Waals surface area contributed by atoms with Crippen molar-refractivity contribution in [2.75, 3.05) is 26.9 Å². The highest BCUT2D eigenvalue weighted by Crippen LogP contribution is 2.11. The van der Waals surface area contributed by atoms with E-state index in [0.717, 1.165) is 17.7 Å². The van der Waals surface area contributed by atoms with Crippen molar-refractivity contribution in [2.24, 2.45) is 0 Å². The van der Waals surface area contributed by atoms with Gasteiger partial charge < -0.3 is 14.8 Å². The zero-order valence-electron chi connectivity index (χ0n) is 16.2. The Hall–Kier alpha value is -2.25. The van der Waals surface area contributed by atoms with Gasteiger partial charge in [0.1, 0.15) is 10.7 Å². The van der Waals surface area contributed by atoms with Crippen LogP contribution in [0.2, 0.25) is 0 Å². The van der Waals surface area contributed by atoms with Crippen molar-refractivity contribution in [3.05, 3.63) is 41.9 Å². The summed E-state index contributed by atoms with van der Waals surface area (Å²) in [4.78, 5) is 26.6. The van der Waals surface area contributed by atoms with Crippen molar-refractivity contribution in [1.29, 1.82) is 5.26 Å². The number of amides is 1. The number of thiophene rings is 1. The van der Waals surface area contributed by atoms with Gasteiger partial charge in [-0.3, -0.25) is 14.2 Å². The molecule has 2 aromatic heterocycles. The molecule has 0 saturated carbocycles. The van der Waals surface area contributed by atoms with Crippen LogP contribution >= 0.6 is 22.7 Å². The average molecular weight is 434 g/mol. The number of nitrogens with zero attached hydrogens (tertiary/aromatic N) is 2. The molecule has 0 radical (unpaired) electrons. The molecule has 1 N–H and O–H groups in total. The Morgan fingerprint density at radius 2 is 2.41 bits per heavy atom. The highest BCUT2D eigenvalue weighted by Gasteiger charge is 2.20. The molecule has 1 saturated heterocycles. The van der Waals surface area contributed by atoms with Crippen LogP contribution in [0.1, 0.15) is 24.1 Å². The lowest BCUT2D eigenvalue weighted by Crippen LogP contribution is -2.37. The van der Waals surface area contributed by atoms with Gasteiger partial charge in [0.15, 0.2) is 5.57 Å². The summed E-state index contributed by atoms with van der Waals surface area (Å²) in [6, 6.07) is 5.82. The maximum Gasteiger partial charge on any atom is 0.269 e. The third-order valence-electron chi connectivity index (χ3n) is 4.52. The molecule has 2 aromatic rings. The zero-order valence-corrected chi connectivity index (χ0v) is 17.8. The molecule has 1 amide bonds. The number of carbonyl (C=O) groups is 1. The van der Waals surface area contributed by atoms with E-state index < -0.39 is 5.91 Å². The van der Waals surface area contributed by atoms with Crippen LogP contribution in [0.4, 0.5) is 0 Å². The number of nitriles is 1. The second kappa shape index (κ2) is 10.5. The first-order valence-electron chi connectivity index (χ1n) is 9.42. The molecule has 9 heteroatoms. The predicted octanol–water partition coefficient (Wildman–Crippen LogP) is 0.806. The average Bonchev–Trinajstić information content (AvgIpc) is 3.46. The summed E-state index contributed by atoms with van der Waals surface area (Å²) in [5.41, 5.74) is -0.248. The number of hydrogen-bond donors (Lipinski definition) is 1. The molecule has 0 bridgehead atoms. The van der Waals surface area contributed by atoms with E-state index in [2.05, 4.69) is 5.32 Å². The standard InChI is InChI=1S/C20H23N3O4S2/c1-26-8-4-7-23-19(25)17(11-15-6-3-10-28-15)29-20(23)16(12-21)18(24)22-13-14-5-2-9-27-14/h3,6,10-11,14H,2,4-5,7-9,13H2,1H3,(H,22,24)/b17-11-,20-16+/t14-/m0/s1. The van der Waals surface area contributed by atoms with Gasteiger partial charge in [-0.1, -0.05) is 6.07 Å². The van der Waals surface area contributed by atoms with Crippen LogP contribution in [0.25, 0.3) is 11.6 Å². The van der Waals surface area contributed by atoms with Gasteiger partial charge in [0.25, 0.3) is 11.5 Å². The lowest BCUT2D eigenvalue weighted by Gasteiger charge is -2.10. The smallest absolute Gasteiger partial charge is 0.269 e. The summed E-state index contributed by atoms with van der Waals surface area (Å²) < 4.78 is 13.0. The summed E-state index contributed by atoms with van der Waals surface area (Å²) in [5, 5.41) is 14.4. The van der Waals surface area contributed by atoms with E-state index in [4.69, 9.17) is 9.47 Å². The Kier molecular flexibility index (Phi) is 7.77. The molecule has 0 spiro atoms. The SMILES string of the molecule is COCCCn1c(=O)/c(=C/c2cccs2)s/c1=C(\C#N)C(=O)NC[C@@H]1CCCO1. The molecule has 154 valence electrons. The summed E-state index contributed by atoms with van der Waals surface area (Å²) in [7, 11) is 1.60. The Labute approximate surface area is 176 Å². The van der Waals surface area contributed by atoms with Crippen molar-refractivity contribution in [1.82, 2.24) is 9.88 Å². The number of ether oxygens (including phenoxy) is 2. The van der Waals surface area contributed by atoms with E-state index in [-0.39, 0.29) is 17.2 Å². The minimum Gasteiger partial charge on any atom is -0.385 e. The third-order valence-corrected chi connectivity index (χ3v) is 6.47. The maximum absolute atomic E-state index is 13.0. The van der Waals surface area contributed by atoms with E-state index in [0.29, 0.717) is 41.9 Å². The van der Waals surface area contributed by atoms with Crippen molar-refractivity contribution >= 4 is 40.2 Å². The number of rotatable bonds is 8. The number of nitrogens with one attached hydrogen (secondary N) is 1. The zero-order chi connectivity index (χ0) is 20.6. The molecule has 29 heavy (non-hydrogen) atoms. The highest BCUT2D eigenvalue weighted by molar-refractivity contribution is 7.11. The number of hydrogen-bond acceptors (Lipinski definition) is 7. The van der Waals surface area contributed by atoms with Gasteiger partial charge in [0.05, 0.1) is 10.6 Å². The molecule has 1 fully saturated rings. The van der Waals surface area contributed by atoms with Gasteiger partial charge in [-0.15, -0.1) is 22.7 Å². The molecular weight excluding hydrogens is 410 g/mol. The van der Waals surface area contributed by atoms with Gasteiger partial charge >= 0.3 is 0 Å². The topological polar surface area (TPSA) is 93.4 Å². The van der Waals surface area contributed by atoms with Gasteiger partial charge in [-0.2, -0.15) is 5.26 Å². The normalized spacial score (nSPS) is 17.9. The Morgan fingerprint density at radius 1 is 1.55 bits per heavy atom. The molecule has 7 nitrogen and oxygen atoms in total. The van der Waals surface area contributed by atoms with Crippen LogP contribution in [0.3, 0.4) is 0 Å². The Bertz CT molecular complexity index is 1040. The van der Waals surface area contributed by atoms with Crippen molar-refractivity contribution in [3.63, 3.8) is 0 Å². The summed E-state index contributed by atoms with van der Waals surface area (Å²) >= 11 is 2.69. The van der Waals surface area contributed by atoms with Gasteiger partial charge in [0.2, 0.25) is 0 Å². The monoisotopic (exact) mass is 433 g/mol. The minimum atomic E-state index is -0.479. The van der Waals surface area contributed by atoms with Crippen molar-refractivity contribution in [3.8, 4) is 6.07 Å². The van der Waals surface area contributed by atoms with E-state index in [9.17, 15) is 14.9 Å². The molecular formula is C20H23N3O4S2. The van der Waals surface area contributed by atoms with E-state index >= 15 is 0 Å². The first kappa shape index (κ1) is 21.5. The van der Waals surface area contributed by atoms with Gasteiger partial charge in [-0.25, -0.2) is 0 Å². The third kappa shape index (κ3) is 5.42. The number of carbonyl (C=O) groups excluding carboxylic acids is 1. The van der Waals surface area contributed by atoms with Crippen LogP contribution in [0.5, 0.6) is 0 Å². The minimum absolute atomic E-state index is 0.0196. The van der Waals surface area contributed by atoms with Crippen LogP contribution < -0.4 is 20.1 Å². The fourth-order valence-corrected chi connectivity index (χ4v) is 4.92. The number of thiazole rings is 1. The highest BCUT2D eigenvalue weighted by atomic mass is 32.1. The predicted molar refractivity (Wildman–Crippen MR) is 113 cm³/mol. The molecule has 0 aliphatic carbocycles. The molecule has 0 aromatic carbocycles. The maximum atomic E-state index is 13.0. The lowest BCUT2D eigenvalue weighted by molar-refractivity contribution is -0.116. The van der Waals surface area contributed by atoms with Crippen molar-refractivity contribution < 1.29 is 14.3 Å². The van der Waals surface area contributed by atoms with Gasteiger partial charge in [-0.05, 0) is 36.8 Å². The van der Waals surface area contributed by atoms with Gasteiger partial charge in [0, 0.05) is 38.3 Å². The molecule has 1 atom stereocenters. The Balaban J connectivity index is 1.99. The van der Waals surface area contributed by atoms with Crippen LogP contribution in [-0.4, -0.2) is 43.4 Å². The largest absolute Gasteiger partial charge is 0.385 e. The summed E-state index contributed by atoms with van der Waals surface area (Å²) in [5.74, 6) is -0.479. The van der Waals surface area contributed by atoms with Crippen LogP contribution in [0.15, 0.2) is 22.3 Å². The van der Waals surface area contributed by atoms with Crippen molar-refractivity contribution in [2.45, 2.75) is 31.9 Å². The lowest BCUT2D eigenvalue weighted by atomic mass is 10.2.